The van der Waals surface area contributed by atoms with Gasteiger partial charge in [0.25, 0.3) is 11.8 Å². The van der Waals surface area contributed by atoms with Crippen molar-refractivity contribution in [2.24, 2.45) is 10.2 Å². The Balaban J connectivity index is 1.37. The summed E-state index contributed by atoms with van der Waals surface area (Å²) in [5.74, 6) is 0.759. The van der Waals surface area contributed by atoms with E-state index in [1.54, 1.807) is 48.5 Å². The van der Waals surface area contributed by atoms with E-state index < -0.39 is 0 Å². The lowest BCUT2D eigenvalue weighted by molar-refractivity contribution is -0.122. The molecular formula is C33H29BrN4O6S. The standard InChI is InChI=1S/C33H29BrN4O6S/c1-3-42-29-15-22(8-12-27(29)39)18-35-37-33-38(19-26-5-4-14-43-26)32(41)30(45-33)17-23-16-24(34)9-13-28(23)44-20-31(40)36-25-10-6-21(2)7-11-25/h4-18,39H,3,19-20H2,1-2H3,(H,36,40)/b30-17-,35-18-,37-33+. The minimum Gasteiger partial charge on any atom is -0.504 e. The van der Waals surface area contributed by atoms with Gasteiger partial charge in [-0.2, -0.15) is 5.10 Å². The van der Waals surface area contributed by atoms with E-state index in [4.69, 9.17) is 13.9 Å². The van der Waals surface area contributed by atoms with Gasteiger partial charge in [-0.15, -0.1) is 5.10 Å². The molecule has 0 radical (unpaired) electrons. The molecule has 2 N–H and O–H groups in total. The second-order valence-electron chi connectivity index (χ2n) is 9.75. The number of anilines is 1. The quantitative estimate of drug-likeness (QED) is 0.0989. The molecule has 5 rings (SSSR count). The van der Waals surface area contributed by atoms with Crippen molar-refractivity contribution in [2.45, 2.75) is 20.4 Å². The van der Waals surface area contributed by atoms with E-state index in [1.165, 1.54) is 23.4 Å². The third-order valence-electron chi connectivity index (χ3n) is 6.37. The highest BCUT2D eigenvalue weighted by Gasteiger charge is 2.34. The number of nitrogens with zero attached hydrogens (tertiary/aromatic N) is 3. The van der Waals surface area contributed by atoms with Crippen LogP contribution in [0.2, 0.25) is 0 Å². The second-order valence-corrected chi connectivity index (χ2v) is 11.7. The number of halogens is 1. The maximum atomic E-state index is 13.6. The molecule has 3 aromatic carbocycles. The summed E-state index contributed by atoms with van der Waals surface area (Å²) in [7, 11) is 0. The fourth-order valence-electron chi connectivity index (χ4n) is 4.19. The number of hydrogen-bond acceptors (Lipinski definition) is 9. The molecule has 0 atom stereocenters. The number of aromatic hydroxyl groups is 1. The lowest BCUT2D eigenvalue weighted by Gasteiger charge is -2.13. The summed E-state index contributed by atoms with van der Waals surface area (Å²) in [5, 5.41) is 21.7. The summed E-state index contributed by atoms with van der Waals surface area (Å²) >= 11 is 4.64. The Bertz CT molecular complexity index is 1770. The van der Waals surface area contributed by atoms with Gasteiger partial charge in [0.15, 0.2) is 23.3 Å². The second kappa shape index (κ2) is 14.8. The first-order valence-electron chi connectivity index (χ1n) is 13.9. The molecule has 1 aliphatic heterocycles. The van der Waals surface area contributed by atoms with Crippen LogP contribution in [0.25, 0.3) is 6.08 Å². The minimum absolute atomic E-state index is 0.0273. The maximum absolute atomic E-state index is 13.6. The Labute approximate surface area is 272 Å². The van der Waals surface area contributed by atoms with Crippen molar-refractivity contribution in [1.29, 1.82) is 0 Å². The highest BCUT2D eigenvalue weighted by Crippen LogP contribution is 2.36. The van der Waals surface area contributed by atoms with Gasteiger partial charge in [0.05, 0.1) is 30.5 Å². The fraction of sp³-hybridized carbons (Fsp3) is 0.152. The van der Waals surface area contributed by atoms with Crippen molar-refractivity contribution >= 4 is 62.7 Å². The molecule has 0 bridgehead atoms. The predicted octanol–water partition coefficient (Wildman–Crippen LogP) is 6.98. The molecule has 2 heterocycles. The number of thioether (sulfide) groups is 1. The molecule has 1 saturated heterocycles. The molecule has 10 nitrogen and oxygen atoms in total. The first-order chi connectivity index (χ1) is 21.8. The van der Waals surface area contributed by atoms with Gasteiger partial charge in [-0.3, -0.25) is 14.5 Å². The van der Waals surface area contributed by atoms with E-state index in [0.29, 0.717) is 50.8 Å². The minimum atomic E-state index is -0.314. The Morgan fingerprint density at radius 1 is 1.09 bits per heavy atom. The van der Waals surface area contributed by atoms with E-state index in [1.807, 2.05) is 38.1 Å². The summed E-state index contributed by atoms with van der Waals surface area (Å²) in [6.07, 6.45) is 4.74. The number of benzene rings is 3. The zero-order chi connectivity index (χ0) is 31.8. The first kappa shape index (κ1) is 31.6. The Kier molecular flexibility index (Phi) is 10.4. The molecule has 1 fully saturated rings. The van der Waals surface area contributed by atoms with Gasteiger partial charge in [-0.1, -0.05) is 33.6 Å². The Morgan fingerprint density at radius 3 is 2.67 bits per heavy atom. The number of furan rings is 1. The molecular weight excluding hydrogens is 660 g/mol. The van der Waals surface area contributed by atoms with Crippen molar-refractivity contribution in [3.05, 3.63) is 111 Å². The maximum Gasteiger partial charge on any atom is 0.267 e. The highest BCUT2D eigenvalue weighted by molar-refractivity contribution is 9.10. The monoisotopic (exact) mass is 688 g/mol. The average molecular weight is 690 g/mol. The fourth-order valence-corrected chi connectivity index (χ4v) is 5.49. The van der Waals surface area contributed by atoms with E-state index in [9.17, 15) is 14.7 Å². The van der Waals surface area contributed by atoms with Crippen LogP contribution >= 0.6 is 27.7 Å². The number of amides is 2. The van der Waals surface area contributed by atoms with Crippen molar-refractivity contribution < 1.29 is 28.6 Å². The number of aryl methyl sites for hydroxylation is 1. The van der Waals surface area contributed by atoms with Crippen LogP contribution in [0, 0.1) is 6.92 Å². The summed E-state index contributed by atoms with van der Waals surface area (Å²) in [6.45, 7) is 4.13. The lowest BCUT2D eigenvalue weighted by atomic mass is 10.2. The largest absolute Gasteiger partial charge is 0.504 e. The normalized spacial score (nSPS) is 14.9. The van der Waals surface area contributed by atoms with E-state index in [-0.39, 0.29) is 30.7 Å². The molecule has 0 aliphatic carbocycles. The Morgan fingerprint density at radius 2 is 1.91 bits per heavy atom. The van der Waals surface area contributed by atoms with Crippen molar-refractivity contribution in [3.8, 4) is 17.2 Å². The van der Waals surface area contributed by atoms with Crippen LogP contribution in [-0.4, -0.2) is 46.4 Å². The molecule has 1 aliphatic rings. The SMILES string of the molecule is CCOc1cc(/C=N\N=C2\S/C(=C\c3cc(Br)ccc3OCC(=O)Nc3ccc(C)cc3)C(=O)N2Cc2ccco2)ccc1O. The lowest BCUT2D eigenvalue weighted by Crippen LogP contribution is -2.28. The zero-order valence-electron chi connectivity index (χ0n) is 24.4. The van der Waals surface area contributed by atoms with Crippen LogP contribution in [0.3, 0.4) is 0 Å². The van der Waals surface area contributed by atoms with Crippen LogP contribution in [-0.2, 0) is 16.1 Å². The van der Waals surface area contributed by atoms with Crippen molar-refractivity contribution in [2.75, 3.05) is 18.5 Å². The molecule has 45 heavy (non-hydrogen) atoms. The molecule has 0 saturated carbocycles. The molecule has 0 unspecified atom stereocenters. The summed E-state index contributed by atoms with van der Waals surface area (Å²) in [4.78, 5) is 28.1. The molecule has 4 aromatic rings. The summed E-state index contributed by atoms with van der Waals surface area (Å²) < 4.78 is 17.6. The van der Waals surface area contributed by atoms with Crippen molar-refractivity contribution in [3.63, 3.8) is 0 Å². The number of ether oxygens (including phenoxy) is 2. The van der Waals surface area contributed by atoms with Gasteiger partial charge >= 0.3 is 0 Å². The van der Waals surface area contributed by atoms with Gasteiger partial charge in [0.2, 0.25) is 0 Å². The number of carbonyl (C=O) groups is 2. The number of nitrogens with one attached hydrogen (secondary N) is 1. The van der Waals surface area contributed by atoms with E-state index >= 15 is 0 Å². The topological polar surface area (TPSA) is 126 Å². The number of hydrogen-bond donors (Lipinski definition) is 2. The van der Waals surface area contributed by atoms with Crippen LogP contribution < -0.4 is 14.8 Å². The number of phenols is 1. The molecule has 12 heteroatoms. The average Bonchev–Trinajstić information content (AvgIpc) is 3.64. The predicted molar refractivity (Wildman–Crippen MR) is 179 cm³/mol. The molecule has 1 aromatic heterocycles. The smallest absolute Gasteiger partial charge is 0.267 e. The van der Waals surface area contributed by atoms with E-state index in [0.717, 1.165) is 21.8 Å². The number of carbonyl (C=O) groups excluding carboxylic acids is 2. The van der Waals surface area contributed by atoms with Gasteiger partial charge in [0.1, 0.15) is 11.5 Å². The van der Waals surface area contributed by atoms with Gasteiger partial charge in [-0.05, 0) is 97.9 Å². The number of rotatable bonds is 11. The highest BCUT2D eigenvalue weighted by atomic mass is 79.9. The molecule has 0 spiro atoms. The third kappa shape index (κ3) is 8.43. The first-order valence-corrected chi connectivity index (χ1v) is 15.5. The van der Waals surface area contributed by atoms with Crippen LogP contribution in [0.5, 0.6) is 17.2 Å². The van der Waals surface area contributed by atoms with Gasteiger partial charge in [-0.25, -0.2) is 0 Å². The number of amidine groups is 1. The van der Waals surface area contributed by atoms with Crippen molar-refractivity contribution in [1.82, 2.24) is 4.90 Å². The van der Waals surface area contributed by atoms with Crippen LogP contribution in [0.15, 0.2) is 103 Å². The summed E-state index contributed by atoms with van der Waals surface area (Å²) in [6, 6.07) is 21.2. The number of phenolic OH excluding ortho intramolecular Hbond substituents is 1. The Hall–Kier alpha value is -4.81. The van der Waals surface area contributed by atoms with Gasteiger partial charge in [0, 0.05) is 15.7 Å². The third-order valence-corrected chi connectivity index (χ3v) is 7.86. The van der Waals surface area contributed by atoms with Crippen LogP contribution in [0.1, 0.15) is 29.4 Å². The van der Waals surface area contributed by atoms with Crippen LogP contribution in [0.4, 0.5) is 5.69 Å². The zero-order valence-corrected chi connectivity index (χ0v) is 26.8. The molecule has 2 amide bonds. The molecule has 230 valence electrons. The summed E-state index contributed by atoms with van der Waals surface area (Å²) in [5.41, 5.74) is 3.02. The van der Waals surface area contributed by atoms with E-state index in [2.05, 4.69) is 31.4 Å². The van der Waals surface area contributed by atoms with Gasteiger partial charge < -0.3 is 24.3 Å².